The van der Waals surface area contributed by atoms with Crippen LogP contribution in [0.5, 0.6) is 0 Å². The van der Waals surface area contributed by atoms with Gasteiger partial charge in [-0.1, -0.05) is 24.3 Å². The Kier molecular flexibility index (Phi) is 4.52. The van der Waals surface area contributed by atoms with E-state index in [0.29, 0.717) is 0 Å². The number of hydrogen-bond donors (Lipinski definition) is 0. The third-order valence-corrected chi connectivity index (χ3v) is 1.69. The molecule has 0 aliphatic carbocycles. The Balaban J connectivity index is -0.000000213. The van der Waals surface area contributed by atoms with E-state index >= 15 is 0 Å². The summed E-state index contributed by atoms with van der Waals surface area (Å²) in [5, 5.41) is 0. The average molecular weight is 263 g/mol. The molecule has 0 heterocycles. The number of hydrogen-bond acceptors (Lipinski definition) is 2. The van der Waals surface area contributed by atoms with Crippen molar-refractivity contribution < 1.29 is 2.85 Å². The monoisotopic (exact) mass is 264 g/mol. The summed E-state index contributed by atoms with van der Waals surface area (Å²) in [5.41, 5.74) is 0. The van der Waals surface area contributed by atoms with Gasteiger partial charge in [0.15, 0.2) is 0 Å². The Bertz CT molecular complexity index is 175. The van der Waals surface area contributed by atoms with Crippen LogP contribution in [0.15, 0.2) is 34.1 Å². The van der Waals surface area contributed by atoms with Gasteiger partial charge in [-0.3, -0.25) is 0 Å². The molecule has 3 heteroatoms. The van der Waals surface area contributed by atoms with Crippen molar-refractivity contribution in [3.63, 3.8) is 0 Å². The van der Waals surface area contributed by atoms with Crippen LogP contribution in [0.4, 0.5) is 0 Å². The Labute approximate surface area is 85.8 Å². The summed E-state index contributed by atoms with van der Waals surface area (Å²) in [4.78, 5) is 1.53. The first-order valence-corrected chi connectivity index (χ1v) is 3.05. The predicted octanol–water partition coefficient (Wildman–Crippen LogP) is 1.61. The summed E-state index contributed by atoms with van der Waals surface area (Å²) in [7, 11) is 0. The van der Waals surface area contributed by atoms with E-state index in [1.807, 2.05) is 24.3 Å². The first kappa shape index (κ1) is 9.46. The van der Waals surface area contributed by atoms with Crippen LogP contribution < -0.4 is 0 Å². The summed E-state index contributed by atoms with van der Waals surface area (Å²) >= 11 is 9.70. The fourth-order valence-electron chi connectivity index (χ4n) is 0.450. The van der Waals surface area contributed by atoms with Crippen LogP contribution in [0.25, 0.3) is 0 Å². The quantitative estimate of drug-likeness (QED) is 0.515. The van der Waals surface area contributed by atoms with Crippen LogP contribution in [-0.4, -0.2) is 23.9 Å². The van der Waals surface area contributed by atoms with Crippen molar-refractivity contribution in [1.82, 2.24) is 0 Å². The molecule has 0 atom stereocenters. The van der Waals surface area contributed by atoms with E-state index in [0.717, 1.165) is 9.79 Å². The maximum absolute atomic E-state index is 4.85. The van der Waals surface area contributed by atoms with Gasteiger partial charge in [0.25, 0.3) is 0 Å². The van der Waals surface area contributed by atoms with E-state index in [1.165, 1.54) is 0 Å². The third kappa shape index (κ3) is 2.69. The van der Waals surface area contributed by atoms with Gasteiger partial charge < -0.3 is 25.3 Å². The van der Waals surface area contributed by atoms with E-state index in [2.05, 4.69) is 0 Å². The van der Waals surface area contributed by atoms with Crippen LogP contribution in [0.3, 0.4) is 0 Å². The van der Waals surface area contributed by atoms with Crippen molar-refractivity contribution in [2.24, 2.45) is 0 Å². The summed E-state index contributed by atoms with van der Waals surface area (Å²) in [6, 6.07) is 7.44. The normalized spacial score (nSPS) is 8.00. The minimum absolute atomic E-state index is 0. The summed E-state index contributed by atoms with van der Waals surface area (Å²) in [6.07, 6.45) is 0. The van der Waals surface area contributed by atoms with E-state index < -0.39 is 0 Å². The van der Waals surface area contributed by atoms with Crippen LogP contribution in [0.1, 0.15) is 2.85 Å². The zero-order valence-corrected chi connectivity index (χ0v) is 9.11. The van der Waals surface area contributed by atoms with Crippen molar-refractivity contribution in [3.8, 4) is 0 Å². The van der Waals surface area contributed by atoms with Gasteiger partial charge in [0.1, 0.15) is 0 Å². The van der Waals surface area contributed by atoms with E-state index in [4.69, 9.17) is 25.3 Å². The molecule has 0 N–H and O–H groups in total. The molecule has 9 heavy (non-hydrogen) atoms. The van der Waals surface area contributed by atoms with Crippen molar-refractivity contribution in [2.45, 2.75) is 9.79 Å². The van der Waals surface area contributed by atoms with Crippen LogP contribution in [0.2, 0.25) is 0 Å². The summed E-state index contributed by atoms with van der Waals surface area (Å²) in [6.45, 7) is 0. The maximum Gasteiger partial charge on any atom is 2.00 e. The minimum atomic E-state index is 0. The molecule has 0 aromatic heterocycles. The standard InChI is InChI=1S/C6H6S2.Sn.2H2/c7-5-3-1-2-4-6(5)8;;;/h1-4,7-8H;;2*1H/q;+2;;/p-2. The van der Waals surface area contributed by atoms with Crippen molar-refractivity contribution in [2.75, 3.05) is 0 Å². The molecule has 0 nitrogen and oxygen atoms in total. The fourth-order valence-corrected chi connectivity index (χ4v) is 0.743. The smallest absolute Gasteiger partial charge is 0.781 e. The number of benzene rings is 1. The molecule has 48 valence electrons. The first-order valence-electron chi connectivity index (χ1n) is 2.24. The molecule has 0 aliphatic heterocycles. The summed E-state index contributed by atoms with van der Waals surface area (Å²) in [5.74, 6) is 0. The van der Waals surface area contributed by atoms with E-state index in [1.54, 1.807) is 0 Å². The van der Waals surface area contributed by atoms with Crippen molar-refractivity contribution in [3.05, 3.63) is 24.3 Å². The van der Waals surface area contributed by atoms with Crippen LogP contribution in [-0.2, 0) is 25.3 Å². The first-order chi connectivity index (χ1) is 3.80. The molecule has 0 fully saturated rings. The maximum atomic E-state index is 4.85. The van der Waals surface area contributed by atoms with Crippen molar-refractivity contribution in [1.29, 1.82) is 0 Å². The van der Waals surface area contributed by atoms with E-state index in [-0.39, 0.29) is 26.8 Å². The van der Waals surface area contributed by atoms with Crippen LogP contribution in [0, 0.1) is 0 Å². The molecule has 1 rings (SSSR count). The molecule has 0 aliphatic rings. The average Bonchev–Trinajstić information content (AvgIpc) is 1.77. The minimum Gasteiger partial charge on any atom is -0.781 e. The fraction of sp³-hybridized carbons (Fsp3) is 0. The number of rotatable bonds is 0. The molecular formula is C6H8S2Sn. The Hall–Kier alpha value is 0.459. The molecule has 0 bridgehead atoms. The second-order valence-electron chi connectivity index (χ2n) is 1.45. The molecule has 0 amide bonds. The third-order valence-electron chi connectivity index (χ3n) is 0.849. The van der Waals surface area contributed by atoms with Gasteiger partial charge in [-0.25, -0.2) is 0 Å². The molecule has 1 aromatic rings. The van der Waals surface area contributed by atoms with Crippen LogP contribution >= 0.6 is 0 Å². The topological polar surface area (TPSA) is 0 Å². The van der Waals surface area contributed by atoms with Gasteiger partial charge >= 0.3 is 23.9 Å². The zero-order chi connectivity index (χ0) is 5.98. The van der Waals surface area contributed by atoms with Gasteiger partial charge in [-0.2, -0.15) is 9.79 Å². The van der Waals surface area contributed by atoms with Gasteiger partial charge in [0.05, 0.1) is 0 Å². The summed E-state index contributed by atoms with van der Waals surface area (Å²) < 4.78 is 0. The van der Waals surface area contributed by atoms with Gasteiger partial charge in [0.2, 0.25) is 0 Å². The Morgan fingerprint density at radius 3 is 1.56 bits per heavy atom. The van der Waals surface area contributed by atoms with Gasteiger partial charge in [0, 0.05) is 2.85 Å². The molecule has 0 spiro atoms. The van der Waals surface area contributed by atoms with Gasteiger partial charge in [-0.05, 0) is 0 Å². The molecular weight excluding hydrogens is 255 g/mol. The second kappa shape index (κ2) is 4.30. The molecule has 0 saturated carbocycles. The SMILES string of the molecule is [HH].[HH].[S-]c1ccccc1[S-].[Sn+2]. The Morgan fingerprint density at radius 2 is 1.33 bits per heavy atom. The van der Waals surface area contributed by atoms with Crippen molar-refractivity contribution >= 4 is 49.2 Å². The largest absolute Gasteiger partial charge is 2.00 e. The van der Waals surface area contributed by atoms with E-state index in [9.17, 15) is 0 Å². The second-order valence-corrected chi connectivity index (χ2v) is 2.33. The Morgan fingerprint density at radius 1 is 1.00 bits per heavy atom. The molecule has 0 unspecified atom stereocenters. The zero-order valence-electron chi connectivity index (χ0n) is 4.63. The molecule has 2 radical (unpaired) electrons. The molecule has 0 saturated heterocycles. The predicted molar refractivity (Wildman–Crippen MR) is 47.7 cm³/mol. The van der Waals surface area contributed by atoms with Gasteiger partial charge in [-0.15, -0.1) is 0 Å². The molecule has 1 aromatic carbocycles.